The molecule has 6 heteroatoms. The van der Waals surface area contributed by atoms with Crippen LogP contribution in [0.25, 0.3) is 0 Å². The van der Waals surface area contributed by atoms with Gasteiger partial charge in [0.25, 0.3) is 5.91 Å². The summed E-state index contributed by atoms with van der Waals surface area (Å²) in [6.45, 7) is 2.42. The number of carbonyl (C=O) groups is 1. The Morgan fingerprint density at radius 3 is 2.39 bits per heavy atom. The summed E-state index contributed by atoms with van der Waals surface area (Å²) in [6.07, 6.45) is 5.29. The third-order valence-electron chi connectivity index (χ3n) is 5.72. The van der Waals surface area contributed by atoms with Gasteiger partial charge in [0.05, 0.1) is 7.11 Å². The van der Waals surface area contributed by atoms with Gasteiger partial charge in [0, 0.05) is 44.7 Å². The number of ether oxygens (including phenoxy) is 2. The number of methoxy groups -OCH3 is 1. The molecule has 0 bridgehead atoms. The van der Waals surface area contributed by atoms with Crippen LogP contribution in [0.1, 0.15) is 25.7 Å². The first-order chi connectivity index (χ1) is 13.7. The lowest BCUT2D eigenvalue weighted by atomic mass is 9.90. The van der Waals surface area contributed by atoms with Gasteiger partial charge in [-0.2, -0.15) is 0 Å². The van der Waals surface area contributed by atoms with E-state index in [1.165, 1.54) is 0 Å². The van der Waals surface area contributed by atoms with Gasteiger partial charge >= 0.3 is 0 Å². The second kappa shape index (κ2) is 8.19. The minimum atomic E-state index is -0.583. The highest BCUT2D eigenvalue weighted by Crippen LogP contribution is 2.41. The fourth-order valence-electron chi connectivity index (χ4n) is 4.18. The van der Waals surface area contributed by atoms with Gasteiger partial charge < -0.3 is 19.3 Å². The first kappa shape index (κ1) is 18.7. The van der Waals surface area contributed by atoms with Crippen molar-refractivity contribution in [2.24, 2.45) is 0 Å². The SMILES string of the molecule is COc1ccnc(N2CCC3(CC2)OC2CCCN2C3=O)c1.c1ccccc1. The maximum Gasteiger partial charge on any atom is 0.257 e. The van der Waals surface area contributed by atoms with E-state index in [0.717, 1.165) is 56.9 Å². The summed E-state index contributed by atoms with van der Waals surface area (Å²) in [4.78, 5) is 21.2. The minimum absolute atomic E-state index is 0.0222. The quantitative estimate of drug-likeness (QED) is 0.800. The maximum absolute atomic E-state index is 12.7. The van der Waals surface area contributed by atoms with Crippen molar-refractivity contribution in [2.45, 2.75) is 37.5 Å². The molecule has 3 aliphatic heterocycles. The highest BCUT2D eigenvalue weighted by Gasteiger charge is 2.55. The van der Waals surface area contributed by atoms with Gasteiger partial charge in [-0.1, -0.05) is 36.4 Å². The largest absolute Gasteiger partial charge is 0.497 e. The lowest BCUT2D eigenvalue weighted by Crippen LogP contribution is -2.50. The zero-order chi connectivity index (χ0) is 19.4. The standard InChI is InChI=1S/C16H21N3O3.C6H6/c1-21-12-4-7-17-13(11-12)18-9-5-16(6-10-18)15(20)19-8-2-3-14(19)22-16;1-2-4-6-5-3-1/h4,7,11,14H,2-3,5-6,8-10H2,1H3;1-6H. The highest BCUT2D eigenvalue weighted by molar-refractivity contribution is 5.87. The van der Waals surface area contributed by atoms with Crippen LogP contribution < -0.4 is 9.64 Å². The Balaban J connectivity index is 0.000000275. The first-order valence-electron chi connectivity index (χ1n) is 9.96. The molecular formula is C22H27N3O3. The highest BCUT2D eigenvalue weighted by atomic mass is 16.6. The zero-order valence-corrected chi connectivity index (χ0v) is 16.3. The first-order valence-corrected chi connectivity index (χ1v) is 9.96. The van der Waals surface area contributed by atoms with Crippen molar-refractivity contribution >= 4 is 11.7 Å². The van der Waals surface area contributed by atoms with Crippen LogP contribution in [0.3, 0.4) is 0 Å². The lowest BCUT2D eigenvalue weighted by molar-refractivity contribution is -0.139. The lowest BCUT2D eigenvalue weighted by Gasteiger charge is -2.37. The molecule has 1 amide bonds. The number of carbonyl (C=O) groups excluding carboxylic acids is 1. The van der Waals surface area contributed by atoms with Crippen LogP contribution in [0.2, 0.25) is 0 Å². The Hall–Kier alpha value is -2.60. The Labute approximate surface area is 166 Å². The molecule has 1 atom stereocenters. The molecule has 0 N–H and O–H groups in total. The molecular weight excluding hydrogens is 354 g/mol. The van der Waals surface area contributed by atoms with Crippen molar-refractivity contribution in [3.05, 3.63) is 54.7 Å². The van der Waals surface area contributed by atoms with Crippen LogP contribution in [-0.4, -0.2) is 54.4 Å². The molecule has 0 saturated carbocycles. The van der Waals surface area contributed by atoms with Crippen molar-refractivity contribution in [3.63, 3.8) is 0 Å². The van der Waals surface area contributed by atoms with Gasteiger partial charge in [-0.15, -0.1) is 0 Å². The number of amides is 1. The van der Waals surface area contributed by atoms with Gasteiger partial charge in [-0.05, 0) is 18.9 Å². The summed E-state index contributed by atoms with van der Waals surface area (Å²) in [5, 5.41) is 0. The van der Waals surface area contributed by atoms with Crippen molar-refractivity contribution in [1.29, 1.82) is 0 Å². The third-order valence-corrected chi connectivity index (χ3v) is 5.72. The van der Waals surface area contributed by atoms with Gasteiger partial charge in [-0.25, -0.2) is 4.98 Å². The number of benzene rings is 1. The topological polar surface area (TPSA) is 54.9 Å². The fourth-order valence-corrected chi connectivity index (χ4v) is 4.18. The molecule has 5 rings (SSSR count). The van der Waals surface area contributed by atoms with E-state index in [-0.39, 0.29) is 12.1 Å². The molecule has 1 unspecified atom stereocenters. The summed E-state index contributed by atoms with van der Waals surface area (Å²) < 4.78 is 11.4. The van der Waals surface area contributed by atoms with Crippen molar-refractivity contribution in [2.75, 3.05) is 31.6 Å². The Morgan fingerprint density at radius 2 is 1.79 bits per heavy atom. The maximum atomic E-state index is 12.7. The normalized spacial score (nSPS) is 22.6. The number of hydrogen-bond donors (Lipinski definition) is 0. The molecule has 0 radical (unpaired) electrons. The van der Waals surface area contributed by atoms with E-state index in [0.29, 0.717) is 0 Å². The van der Waals surface area contributed by atoms with Crippen LogP contribution in [0.15, 0.2) is 54.7 Å². The van der Waals surface area contributed by atoms with Crippen molar-refractivity contribution in [3.8, 4) is 5.75 Å². The second-order valence-corrected chi connectivity index (χ2v) is 7.40. The molecule has 6 nitrogen and oxygen atoms in total. The van der Waals surface area contributed by atoms with E-state index in [4.69, 9.17) is 9.47 Å². The number of anilines is 1. The Bertz CT molecular complexity index is 764. The number of fused-ring (bicyclic) bond motifs is 1. The van der Waals surface area contributed by atoms with E-state index in [1.54, 1.807) is 13.3 Å². The Morgan fingerprint density at radius 1 is 1.11 bits per heavy atom. The molecule has 3 fully saturated rings. The molecule has 3 saturated heterocycles. The van der Waals surface area contributed by atoms with Crippen LogP contribution >= 0.6 is 0 Å². The molecule has 1 aromatic heterocycles. The van der Waals surface area contributed by atoms with E-state index >= 15 is 0 Å². The van der Waals surface area contributed by atoms with Crippen molar-refractivity contribution in [1.82, 2.24) is 9.88 Å². The number of pyridine rings is 1. The molecule has 2 aromatic rings. The summed E-state index contributed by atoms with van der Waals surface area (Å²) in [6, 6.07) is 15.8. The Kier molecular flexibility index (Phi) is 5.48. The van der Waals surface area contributed by atoms with E-state index in [1.807, 2.05) is 53.4 Å². The molecule has 0 aliphatic carbocycles. The van der Waals surface area contributed by atoms with Gasteiger partial charge in [0.15, 0.2) is 5.60 Å². The van der Waals surface area contributed by atoms with E-state index in [9.17, 15) is 4.79 Å². The monoisotopic (exact) mass is 381 g/mol. The predicted molar refractivity (Wildman–Crippen MR) is 107 cm³/mol. The van der Waals surface area contributed by atoms with Crippen LogP contribution in [-0.2, 0) is 9.53 Å². The van der Waals surface area contributed by atoms with Gasteiger partial charge in [-0.3, -0.25) is 4.79 Å². The number of aromatic nitrogens is 1. The fraction of sp³-hybridized carbons (Fsp3) is 0.455. The smallest absolute Gasteiger partial charge is 0.257 e. The number of rotatable bonds is 2. The van der Waals surface area contributed by atoms with Crippen LogP contribution in [0.4, 0.5) is 5.82 Å². The molecule has 1 aromatic carbocycles. The van der Waals surface area contributed by atoms with Gasteiger partial charge in [0.1, 0.15) is 17.8 Å². The summed E-state index contributed by atoms with van der Waals surface area (Å²) in [5.74, 6) is 1.91. The number of piperidine rings is 1. The van der Waals surface area contributed by atoms with E-state index < -0.39 is 5.60 Å². The van der Waals surface area contributed by atoms with Crippen LogP contribution in [0, 0.1) is 0 Å². The summed E-state index contributed by atoms with van der Waals surface area (Å²) in [5.41, 5.74) is -0.583. The molecule has 3 aliphatic rings. The average Bonchev–Trinajstić information content (AvgIpc) is 3.32. The van der Waals surface area contributed by atoms with Crippen molar-refractivity contribution < 1.29 is 14.3 Å². The summed E-state index contributed by atoms with van der Waals surface area (Å²) in [7, 11) is 1.66. The summed E-state index contributed by atoms with van der Waals surface area (Å²) >= 11 is 0. The average molecular weight is 381 g/mol. The molecule has 28 heavy (non-hydrogen) atoms. The molecule has 1 spiro atoms. The van der Waals surface area contributed by atoms with E-state index in [2.05, 4.69) is 9.88 Å². The second-order valence-electron chi connectivity index (χ2n) is 7.40. The van der Waals surface area contributed by atoms with Gasteiger partial charge in [0.2, 0.25) is 0 Å². The zero-order valence-electron chi connectivity index (χ0n) is 16.3. The minimum Gasteiger partial charge on any atom is -0.497 e. The molecule has 148 valence electrons. The molecule has 4 heterocycles. The number of nitrogens with zero attached hydrogens (tertiary/aromatic N) is 3. The van der Waals surface area contributed by atoms with Crippen LogP contribution in [0.5, 0.6) is 5.75 Å². The number of hydrogen-bond acceptors (Lipinski definition) is 5. The third kappa shape index (κ3) is 3.69. The predicted octanol–water partition coefficient (Wildman–Crippen LogP) is 3.09.